The van der Waals surface area contributed by atoms with Gasteiger partial charge in [0.1, 0.15) is 12.6 Å². The molecule has 0 aromatic heterocycles. The molecule has 0 aliphatic heterocycles. The monoisotopic (exact) mass is 665 g/mol. The van der Waals surface area contributed by atoms with Crippen molar-refractivity contribution in [1.29, 1.82) is 0 Å². The van der Waals surface area contributed by atoms with Gasteiger partial charge in [0.25, 0.3) is 10.0 Å². The van der Waals surface area contributed by atoms with Crippen LogP contribution in [0.25, 0.3) is 0 Å². The van der Waals surface area contributed by atoms with E-state index in [1.807, 2.05) is 51.1 Å². The van der Waals surface area contributed by atoms with Gasteiger partial charge in [-0.2, -0.15) is 0 Å². The minimum atomic E-state index is -4.21. The van der Waals surface area contributed by atoms with Crippen molar-refractivity contribution in [1.82, 2.24) is 10.2 Å². The quantitative estimate of drug-likeness (QED) is 0.168. The van der Waals surface area contributed by atoms with Crippen LogP contribution in [0.1, 0.15) is 30.5 Å². The van der Waals surface area contributed by atoms with Crippen LogP contribution in [0.5, 0.6) is 0 Å². The predicted octanol–water partition coefficient (Wildman–Crippen LogP) is 6.91. The molecule has 0 radical (unpaired) electrons. The lowest BCUT2D eigenvalue weighted by molar-refractivity contribution is -0.140. The van der Waals surface area contributed by atoms with E-state index in [0.717, 1.165) is 21.0 Å². The highest BCUT2D eigenvalue weighted by atomic mass is 35.5. The van der Waals surface area contributed by atoms with Crippen molar-refractivity contribution in [3.8, 4) is 0 Å². The number of rotatable bonds is 13. The number of nitrogens with one attached hydrogen (secondary N) is 1. The number of aryl methyl sites for hydroxylation is 1. The van der Waals surface area contributed by atoms with Crippen LogP contribution < -0.4 is 9.62 Å². The maximum Gasteiger partial charge on any atom is 0.264 e. The first kappa shape index (κ1) is 34.0. The zero-order valence-electron chi connectivity index (χ0n) is 25.5. The van der Waals surface area contributed by atoms with Crippen molar-refractivity contribution in [3.63, 3.8) is 0 Å². The lowest BCUT2D eigenvalue weighted by Gasteiger charge is -2.34. The Morgan fingerprint density at radius 3 is 2.04 bits per heavy atom. The summed E-state index contributed by atoms with van der Waals surface area (Å²) in [5.41, 5.74) is 2.59. The van der Waals surface area contributed by atoms with Gasteiger partial charge in [-0.1, -0.05) is 104 Å². The molecule has 2 amide bonds. The average molecular weight is 667 g/mol. The van der Waals surface area contributed by atoms with Crippen molar-refractivity contribution in [3.05, 3.63) is 130 Å². The number of carbonyl (C=O) groups is 2. The van der Waals surface area contributed by atoms with E-state index in [0.29, 0.717) is 16.6 Å². The summed E-state index contributed by atoms with van der Waals surface area (Å²) in [6, 6.07) is 28.3. The van der Waals surface area contributed by atoms with Crippen molar-refractivity contribution < 1.29 is 18.0 Å². The SMILES string of the molecule is Cc1ccc(N(CC(=O)N(Cc2ccc(Cl)cc2)[C@H](Cc2ccccc2)C(=O)NCC(C)C)S(=O)(=O)c2ccccc2)cc1Cl. The van der Waals surface area contributed by atoms with Gasteiger partial charge in [-0.05, 0) is 65.9 Å². The Bertz CT molecular complexity index is 1700. The molecule has 0 unspecified atom stereocenters. The highest BCUT2D eigenvalue weighted by Crippen LogP contribution is 2.29. The van der Waals surface area contributed by atoms with E-state index in [1.54, 1.807) is 54.6 Å². The predicted molar refractivity (Wildman–Crippen MR) is 181 cm³/mol. The molecule has 0 heterocycles. The van der Waals surface area contributed by atoms with Gasteiger partial charge in [0.05, 0.1) is 10.6 Å². The number of sulfonamides is 1. The Labute approximate surface area is 275 Å². The molecule has 0 saturated carbocycles. The molecule has 0 spiro atoms. The molecule has 0 aliphatic carbocycles. The third-order valence-electron chi connectivity index (χ3n) is 7.28. The summed E-state index contributed by atoms with van der Waals surface area (Å²) < 4.78 is 29.2. The Balaban J connectivity index is 1.80. The van der Waals surface area contributed by atoms with Crippen molar-refractivity contribution >= 4 is 50.7 Å². The second-order valence-corrected chi connectivity index (χ2v) is 14.0. The standard InChI is InChI=1S/C35H37Cl2N3O4S/c1-25(2)22-38-35(42)33(20-27-10-6-4-7-11-27)39(23-28-15-17-29(36)18-16-28)34(41)24-40(30-19-14-26(3)32(37)21-30)45(43,44)31-12-8-5-9-13-31/h4-19,21,25,33H,20,22-24H2,1-3H3,(H,38,42)/t33-/m1/s1. The van der Waals surface area contributed by atoms with Gasteiger partial charge in [0.15, 0.2) is 0 Å². The molecule has 1 atom stereocenters. The summed E-state index contributed by atoms with van der Waals surface area (Å²) in [5, 5.41) is 3.88. The first-order valence-electron chi connectivity index (χ1n) is 14.6. The topological polar surface area (TPSA) is 86.8 Å². The molecule has 10 heteroatoms. The summed E-state index contributed by atoms with van der Waals surface area (Å²) in [6.45, 7) is 5.70. The van der Waals surface area contributed by atoms with E-state index in [9.17, 15) is 18.0 Å². The molecule has 0 bridgehead atoms. The second kappa shape index (κ2) is 15.4. The maximum atomic E-state index is 14.5. The second-order valence-electron chi connectivity index (χ2n) is 11.3. The van der Waals surface area contributed by atoms with E-state index in [2.05, 4.69) is 5.32 Å². The average Bonchev–Trinajstić information content (AvgIpc) is 3.03. The lowest BCUT2D eigenvalue weighted by Crippen LogP contribution is -2.53. The number of carbonyl (C=O) groups excluding carboxylic acids is 2. The molecule has 4 rings (SSSR count). The van der Waals surface area contributed by atoms with Crippen LogP contribution in [0.4, 0.5) is 5.69 Å². The molecule has 0 saturated heterocycles. The lowest BCUT2D eigenvalue weighted by atomic mass is 10.0. The van der Waals surface area contributed by atoms with E-state index in [1.165, 1.54) is 23.1 Å². The fourth-order valence-corrected chi connectivity index (χ4v) is 6.48. The fourth-order valence-electron chi connectivity index (χ4n) is 4.75. The smallest absolute Gasteiger partial charge is 0.264 e. The van der Waals surface area contributed by atoms with Gasteiger partial charge < -0.3 is 10.2 Å². The first-order chi connectivity index (χ1) is 21.5. The van der Waals surface area contributed by atoms with Crippen molar-refractivity contribution in [2.75, 3.05) is 17.4 Å². The molecule has 4 aromatic rings. The van der Waals surface area contributed by atoms with Gasteiger partial charge in [-0.25, -0.2) is 8.42 Å². The third-order valence-corrected chi connectivity index (χ3v) is 9.72. The van der Waals surface area contributed by atoms with Crippen LogP contribution in [0, 0.1) is 12.8 Å². The largest absolute Gasteiger partial charge is 0.354 e. The highest BCUT2D eigenvalue weighted by molar-refractivity contribution is 7.92. The zero-order chi connectivity index (χ0) is 32.6. The van der Waals surface area contributed by atoms with Gasteiger partial charge >= 0.3 is 0 Å². The number of anilines is 1. The minimum absolute atomic E-state index is 0.0225. The Morgan fingerprint density at radius 1 is 0.822 bits per heavy atom. The van der Waals surface area contributed by atoms with Crippen LogP contribution in [0.3, 0.4) is 0 Å². The normalized spacial score (nSPS) is 12.0. The molecule has 7 nitrogen and oxygen atoms in total. The number of benzene rings is 4. The van der Waals surface area contributed by atoms with E-state index < -0.39 is 28.5 Å². The Morgan fingerprint density at radius 2 is 1.44 bits per heavy atom. The van der Waals surface area contributed by atoms with Crippen LogP contribution >= 0.6 is 23.2 Å². The first-order valence-corrected chi connectivity index (χ1v) is 16.8. The molecular formula is C35H37Cl2N3O4S. The van der Waals surface area contributed by atoms with Gasteiger partial charge in [0, 0.05) is 29.6 Å². The Kier molecular flexibility index (Phi) is 11.7. The third kappa shape index (κ3) is 9.10. The summed E-state index contributed by atoms with van der Waals surface area (Å²) in [7, 11) is -4.21. The van der Waals surface area contributed by atoms with Gasteiger partial charge in [-0.15, -0.1) is 0 Å². The van der Waals surface area contributed by atoms with Crippen LogP contribution in [-0.2, 0) is 32.6 Å². The van der Waals surface area contributed by atoms with Crippen molar-refractivity contribution in [2.45, 2.75) is 44.7 Å². The number of nitrogens with zero attached hydrogens (tertiary/aromatic N) is 2. The van der Waals surface area contributed by atoms with Crippen molar-refractivity contribution in [2.24, 2.45) is 5.92 Å². The molecule has 45 heavy (non-hydrogen) atoms. The molecule has 1 N–H and O–H groups in total. The van der Waals surface area contributed by atoms with E-state index >= 15 is 0 Å². The summed E-state index contributed by atoms with van der Waals surface area (Å²) in [5.74, 6) is -0.697. The zero-order valence-corrected chi connectivity index (χ0v) is 27.8. The minimum Gasteiger partial charge on any atom is -0.354 e. The molecule has 0 fully saturated rings. The summed E-state index contributed by atoms with van der Waals surface area (Å²) in [4.78, 5) is 29.8. The van der Waals surface area contributed by atoms with Gasteiger partial charge in [-0.3, -0.25) is 13.9 Å². The van der Waals surface area contributed by atoms with Gasteiger partial charge in [0.2, 0.25) is 11.8 Å². The molecule has 236 valence electrons. The Hall–Kier alpha value is -3.85. The molecule has 0 aliphatic rings. The highest BCUT2D eigenvalue weighted by Gasteiger charge is 2.34. The summed E-state index contributed by atoms with van der Waals surface area (Å²) >= 11 is 12.6. The van der Waals surface area contributed by atoms with Crippen LogP contribution in [0.2, 0.25) is 10.0 Å². The van der Waals surface area contributed by atoms with Crippen LogP contribution in [-0.4, -0.2) is 44.3 Å². The maximum absolute atomic E-state index is 14.5. The number of hydrogen-bond donors (Lipinski definition) is 1. The molecule has 4 aromatic carbocycles. The van der Waals surface area contributed by atoms with E-state index in [4.69, 9.17) is 23.2 Å². The number of amides is 2. The fraction of sp³-hybridized carbons (Fsp3) is 0.257. The summed E-state index contributed by atoms with van der Waals surface area (Å²) in [6.07, 6.45) is 0.228. The number of hydrogen-bond acceptors (Lipinski definition) is 4. The number of halogens is 2. The van der Waals surface area contributed by atoms with E-state index in [-0.39, 0.29) is 35.4 Å². The molecular weight excluding hydrogens is 629 g/mol. The van der Waals surface area contributed by atoms with Crippen LogP contribution in [0.15, 0.2) is 108 Å².